The monoisotopic (exact) mass is 260 g/mol. The third-order valence-electron chi connectivity index (χ3n) is 3.17. The summed E-state index contributed by atoms with van der Waals surface area (Å²) >= 11 is 0. The van der Waals surface area contributed by atoms with Gasteiger partial charge in [-0.3, -0.25) is 9.59 Å². The topological polar surface area (TPSA) is 82.2 Å². The Bertz CT molecular complexity index is 604. The van der Waals surface area contributed by atoms with Crippen molar-refractivity contribution in [2.75, 3.05) is 6.54 Å². The lowest BCUT2D eigenvalue weighted by molar-refractivity contribution is -0.141. The predicted octanol–water partition coefficient (Wildman–Crippen LogP) is 2.01. The predicted molar refractivity (Wildman–Crippen MR) is 72.0 cm³/mol. The van der Waals surface area contributed by atoms with Crippen molar-refractivity contribution in [2.45, 2.75) is 13.3 Å². The van der Waals surface area contributed by atoms with Gasteiger partial charge >= 0.3 is 5.97 Å². The largest absolute Gasteiger partial charge is 0.481 e. The molecule has 2 aromatic rings. The fourth-order valence-corrected chi connectivity index (χ4v) is 1.92. The van der Waals surface area contributed by atoms with E-state index in [0.717, 1.165) is 10.9 Å². The Hall–Kier alpha value is -2.30. The summed E-state index contributed by atoms with van der Waals surface area (Å²) in [4.78, 5) is 25.9. The number of hydrogen-bond acceptors (Lipinski definition) is 2. The van der Waals surface area contributed by atoms with E-state index in [0.29, 0.717) is 12.0 Å². The number of benzene rings is 1. The molecule has 1 aromatic heterocycles. The SMILES string of the molecule is CCC(CNC(=O)c1ccc2[nH]ccc2c1)C(=O)O. The highest BCUT2D eigenvalue weighted by molar-refractivity contribution is 5.98. The number of carbonyl (C=O) groups excluding carboxylic acids is 1. The molecule has 0 spiro atoms. The van der Waals surface area contributed by atoms with Crippen LogP contribution in [0.25, 0.3) is 10.9 Å². The molecule has 0 aliphatic carbocycles. The van der Waals surface area contributed by atoms with E-state index < -0.39 is 11.9 Å². The Kier molecular flexibility index (Phi) is 3.85. The molecule has 0 aliphatic heterocycles. The summed E-state index contributed by atoms with van der Waals surface area (Å²) < 4.78 is 0. The third-order valence-corrected chi connectivity index (χ3v) is 3.17. The first-order chi connectivity index (χ1) is 9.11. The van der Waals surface area contributed by atoms with E-state index in [1.54, 1.807) is 19.1 Å². The van der Waals surface area contributed by atoms with E-state index in [-0.39, 0.29) is 12.5 Å². The van der Waals surface area contributed by atoms with Crippen LogP contribution in [-0.2, 0) is 4.79 Å². The number of H-pyrrole nitrogens is 1. The normalized spacial score (nSPS) is 12.3. The van der Waals surface area contributed by atoms with Crippen molar-refractivity contribution in [3.63, 3.8) is 0 Å². The summed E-state index contributed by atoms with van der Waals surface area (Å²) in [6, 6.07) is 7.22. The fourth-order valence-electron chi connectivity index (χ4n) is 1.92. The maximum atomic E-state index is 11.9. The number of carboxylic acid groups (broad SMARTS) is 1. The summed E-state index contributed by atoms with van der Waals surface area (Å²) in [7, 11) is 0. The lowest BCUT2D eigenvalue weighted by Crippen LogP contribution is -2.32. The van der Waals surface area contributed by atoms with Crippen LogP contribution in [0.5, 0.6) is 0 Å². The van der Waals surface area contributed by atoms with E-state index in [2.05, 4.69) is 10.3 Å². The third kappa shape index (κ3) is 2.93. The molecular weight excluding hydrogens is 244 g/mol. The Morgan fingerprint density at radius 1 is 1.37 bits per heavy atom. The molecule has 1 atom stereocenters. The van der Waals surface area contributed by atoms with Crippen LogP contribution in [0.1, 0.15) is 23.7 Å². The second-order valence-corrected chi connectivity index (χ2v) is 4.43. The van der Waals surface area contributed by atoms with Gasteiger partial charge in [-0.1, -0.05) is 6.92 Å². The second kappa shape index (κ2) is 5.56. The number of hydrogen-bond donors (Lipinski definition) is 3. The lowest BCUT2D eigenvalue weighted by atomic mass is 10.1. The fraction of sp³-hybridized carbons (Fsp3) is 0.286. The van der Waals surface area contributed by atoms with Crippen LogP contribution in [0, 0.1) is 5.92 Å². The van der Waals surface area contributed by atoms with Crippen molar-refractivity contribution in [2.24, 2.45) is 5.92 Å². The van der Waals surface area contributed by atoms with Crippen LogP contribution in [0.2, 0.25) is 0 Å². The lowest BCUT2D eigenvalue weighted by Gasteiger charge is -2.11. The smallest absolute Gasteiger partial charge is 0.308 e. The van der Waals surface area contributed by atoms with Gasteiger partial charge in [0, 0.05) is 29.2 Å². The van der Waals surface area contributed by atoms with E-state index in [1.165, 1.54) is 0 Å². The van der Waals surface area contributed by atoms with Crippen LogP contribution in [-0.4, -0.2) is 28.5 Å². The van der Waals surface area contributed by atoms with Crippen molar-refractivity contribution in [3.8, 4) is 0 Å². The summed E-state index contributed by atoms with van der Waals surface area (Å²) in [6.07, 6.45) is 2.30. The van der Waals surface area contributed by atoms with Gasteiger partial charge in [-0.25, -0.2) is 0 Å². The minimum atomic E-state index is -0.885. The molecule has 3 N–H and O–H groups in total. The first-order valence-corrected chi connectivity index (χ1v) is 6.20. The Balaban J connectivity index is 2.05. The molecule has 1 amide bonds. The number of fused-ring (bicyclic) bond motifs is 1. The molecule has 0 fully saturated rings. The zero-order valence-electron chi connectivity index (χ0n) is 10.6. The molecule has 0 aliphatic rings. The molecule has 1 aromatic carbocycles. The van der Waals surface area contributed by atoms with Crippen molar-refractivity contribution in [1.82, 2.24) is 10.3 Å². The molecule has 0 saturated heterocycles. The number of aromatic nitrogens is 1. The zero-order valence-corrected chi connectivity index (χ0v) is 10.6. The van der Waals surface area contributed by atoms with Crippen molar-refractivity contribution >= 4 is 22.8 Å². The Labute approximate surface area is 110 Å². The van der Waals surface area contributed by atoms with Crippen LogP contribution in [0.15, 0.2) is 30.5 Å². The van der Waals surface area contributed by atoms with Crippen molar-refractivity contribution in [3.05, 3.63) is 36.0 Å². The zero-order chi connectivity index (χ0) is 13.8. The number of nitrogens with one attached hydrogen (secondary N) is 2. The maximum absolute atomic E-state index is 11.9. The van der Waals surface area contributed by atoms with Crippen molar-refractivity contribution in [1.29, 1.82) is 0 Å². The number of carboxylic acids is 1. The highest BCUT2D eigenvalue weighted by Crippen LogP contribution is 2.14. The molecule has 0 bridgehead atoms. The van der Waals surface area contributed by atoms with Gasteiger partial charge in [0.05, 0.1) is 5.92 Å². The number of aromatic amines is 1. The number of aliphatic carboxylic acids is 1. The van der Waals surface area contributed by atoms with E-state index in [1.807, 2.05) is 18.3 Å². The summed E-state index contributed by atoms with van der Waals surface area (Å²) in [5, 5.41) is 12.5. The standard InChI is InChI=1S/C14H16N2O3/c1-2-9(14(18)19)8-16-13(17)11-3-4-12-10(7-11)5-6-15-12/h3-7,9,15H,2,8H2,1H3,(H,16,17)(H,18,19). The highest BCUT2D eigenvalue weighted by atomic mass is 16.4. The van der Waals surface area contributed by atoms with Gasteiger partial charge in [0.1, 0.15) is 0 Å². The van der Waals surface area contributed by atoms with Gasteiger partial charge in [0.25, 0.3) is 5.91 Å². The highest BCUT2D eigenvalue weighted by Gasteiger charge is 2.16. The summed E-state index contributed by atoms with van der Waals surface area (Å²) in [6.45, 7) is 1.94. The van der Waals surface area contributed by atoms with E-state index >= 15 is 0 Å². The summed E-state index contributed by atoms with van der Waals surface area (Å²) in [5.41, 5.74) is 1.50. The van der Waals surface area contributed by atoms with Gasteiger partial charge < -0.3 is 15.4 Å². The number of amides is 1. The second-order valence-electron chi connectivity index (χ2n) is 4.43. The summed E-state index contributed by atoms with van der Waals surface area (Å²) in [5.74, 6) is -1.67. The first-order valence-electron chi connectivity index (χ1n) is 6.20. The molecular formula is C14H16N2O3. The Morgan fingerprint density at radius 3 is 2.84 bits per heavy atom. The van der Waals surface area contributed by atoms with Crippen LogP contribution < -0.4 is 5.32 Å². The molecule has 5 nitrogen and oxygen atoms in total. The number of rotatable bonds is 5. The molecule has 100 valence electrons. The minimum absolute atomic E-state index is 0.149. The number of carbonyl (C=O) groups is 2. The van der Waals surface area contributed by atoms with E-state index in [9.17, 15) is 9.59 Å². The van der Waals surface area contributed by atoms with Crippen LogP contribution in [0.4, 0.5) is 0 Å². The Morgan fingerprint density at radius 2 is 2.16 bits per heavy atom. The molecule has 2 rings (SSSR count). The molecule has 1 unspecified atom stereocenters. The van der Waals surface area contributed by atoms with Gasteiger partial charge in [-0.2, -0.15) is 0 Å². The van der Waals surface area contributed by atoms with E-state index in [4.69, 9.17) is 5.11 Å². The van der Waals surface area contributed by atoms with Crippen molar-refractivity contribution < 1.29 is 14.7 Å². The van der Waals surface area contributed by atoms with Crippen LogP contribution in [0.3, 0.4) is 0 Å². The van der Waals surface area contributed by atoms with Crippen LogP contribution >= 0.6 is 0 Å². The molecule has 0 radical (unpaired) electrons. The minimum Gasteiger partial charge on any atom is -0.481 e. The molecule has 0 saturated carbocycles. The van der Waals surface area contributed by atoms with Gasteiger partial charge in [0.15, 0.2) is 0 Å². The maximum Gasteiger partial charge on any atom is 0.308 e. The average molecular weight is 260 g/mol. The quantitative estimate of drug-likeness (QED) is 0.769. The van der Waals surface area contributed by atoms with Gasteiger partial charge in [0.2, 0.25) is 0 Å². The first kappa shape index (κ1) is 13.1. The molecule has 1 heterocycles. The van der Waals surface area contributed by atoms with Gasteiger partial charge in [-0.05, 0) is 30.7 Å². The molecule has 5 heteroatoms. The molecule has 19 heavy (non-hydrogen) atoms. The average Bonchev–Trinajstić information content (AvgIpc) is 2.85. The van der Waals surface area contributed by atoms with Gasteiger partial charge in [-0.15, -0.1) is 0 Å².